The van der Waals surface area contributed by atoms with E-state index in [1.807, 2.05) is 0 Å². The first-order chi connectivity index (χ1) is 20.1. The van der Waals surface area contributed by atoms with Gasteiger partial charge in [0.15, 0.2) is 0 Å². The van der Waals surface area contributed by atoms with E-state index in [0.717, 1.165) is 16.6 Å². The lowest BCUT2D eigenvalue weighted by molar-refractivity contribution is -0.236. The van der Waals surface area contributed by atoms with Gasteiger partial charge in [0.1, 0.15) is 11.5 Å². The zero-order chi connectivity index (χ0) is 31.7. The van der Waals surface area contributed by atoms with Crippen LogP contribution < -0.4 is 16.6 Å². The van der Waals surface area contributed by atoms with E-state index in [1.165, 1.54) is 29.9 Å². The van der Waals surface area contributed by atoms with Crippen LogP contribution in [-0.4, -0.2) is 71.0 Å². The highest BCUT2D eigenvalue weighted by Crippen LogP contribution is 2.47. The second-order valence-electron chi connectivity index (χ2n) is 10.4. The summed E-state index contributed by atoms with van der Waals surface area (Å²) in [5.41, 5.74) is -3.62. The van der Waals surface area contributed by atoms with Gasteiger partial charge >= 0.3 is 24.0 Å². The molecule has 1 aliphatic rings. The number of aryl methyl sites for hydroxylation is 1. The van der Waals surface area contributed by atoms with E-state index in [1.54, 1.807) is 30.3 Å². The van der Waals surface area contributed by atoms with Crippen molar-refractivity contribution in [3.8, 4) is 5.69 Å². The van der Waals surface area contributed by atoms with E-state index in [-0.39, 0.29) is 12.1 Å². The van der Waals surface area contributed by atoms with Crippen LogP contribution in [0.4, 0.5) is 26.3 Å². The average molecular weight is 615 g/mol. The largest absolute Gasteiger partial charge is 0.467 e. The molecule has 15 heteroatoms. The summed E-state index contributed by atoms with van der Waals surface area (Å²) in [5, 5.41) is 3.02. The maximum Gasteiger partial charge on any atom is 0.403 e. The average Bonchev–Trinajstić information content (AvgIpc) is 2.93. The maximum absolute atomic E-state index is 14.3. The number of methoxy groups -OCH3 is 1. The summed E-state index contributed by atoms with van der Waals surface area (Å²) >= 11 is 0. The second kappa shape index (κ2) is 11.9. The van der Waals surface area contributed by atoms with Crippen molar-refractivity contribution in [1.82, 2.24) is 19.4 Å². The predicted octanol–water partition coefficient (Wildman–Crippen LogP) is 3.10. The van der Waals surface area contributed by atoms with Crippen molar-refractivity contribution in [2.75, 3.05) is 26.7 Å². The molecule has 0 saturated carbocycles. The summed E-state index contributed by atoms with van der Waals surface area (Å²) in [4.78, 5) is 52.1. The van der Waals surface area contributed by atoms with Crippen molar-refractivity contribution in [3.05, 3.63) is 75.1 Å². The van der Waals surface area contributed by atoms with Crippen molar-refractivity contribution in [2.45, 2.75) is 37.7 Å². The number of likely N-dealkylation sites (tertiary alicyclic amines) is 1. The minimum Gasteiger partial charge on any atom is -0.467 e. The zero-order valence-corrected chi connectivity index (χ0v) is 23.1. The summed E-state index contributed by atoms with van der Waals surface area (Å²) < 4.78 is 88.2. The Labute approximate surface area is 240 Å². The molecule has 0 unspecified atom stereocenters. The summed E-state index contributed by atoms with van der Waals surface area (Å²) in [6.07, 6.45) is -10.6. The number of rotatable bonds is 7. The van der Waals surface area contributed by atoms with E-state index in [0.29, 0.717) is 16.3 Å². The molecule has 0 radical (unpaired) electrons. The number of aromatic nitrogens is 2. The molecule has 1 amide bonds. The Hall–Kier alpha value is -4.14. The highest BCUT2D eigenvalue weighted by Gasteiger charge is 2.61. The summed E-state index contributed by atoms with van der Waals surface area (Å²) in [5.74, 6) is -2.58. The molecule has 2 aromatic carbocycles. The number of carbonyl (C=O) groups is 2. The number of amides is 1. The number of piperidine rings is 1. The smallest absolute Gasteiger partial charge is 0.403 e. The van der Waals surface area contributed by atoms with Crippen molar-refractivity contribution in [2.24, 2.45) is 12.5 Å². The minimum absolute atomic E-state index is 0.228. The van der Waals surface area contributed by atoms with E-state index >= 15 is 0 Å². The first-order valence-corrected chi connectivity index (χ1v) is 13.1. The topological polar surface area (TPSA) is 103 Å². The highest BCUT2D eigenvalue weighted by atomic mass is 19.4. The van der Waals surface area contributed by atoms with Gasteiger partial charge in [0.05, 0.1) is 19.3 Å². The minimum atomic E-state index is -5.11. The number of hydrogen-bond acceptors (Lipinski definition) is 6. The predicted molar refractivity (Wildman–Crippen MR) is 143 cm³/mol. The van der Waals surface area contributed by atoms with Gasteiger partial charge in [-0.3, -0.25) is 14.5 Å². The van der Waals surface area contributed by atoms with E-state index in [2.05, 4.69) is 5.32 Å². The maximum atomic E-state index is 14.3. The molecule has 1 atom stereocenters. The van der Waals surface area contributed by atoms with Gasteiger partial charge in [-0.25, -0.2) is 14.2 Å². The number of ether oxygens (including phenoxy) is 1. The molecule has 3 aromatic rings. The molecule has 9 nitrogen and oxygen atoms in total. The van der Waals surface area contributed by atoms with Crippen LogP contribution in [0.2, 0.25) is 0 Å². The van der Waals surface area contributed by atoms with Crippen LogP contribution in [0.15, 0.2) is 58.3 Å². The lowest BCUT2D eigenvalue weighted by Crippen LogP contribution is -2.59. The van der Waals surface area contributed by atoms with E-state index in [9.17, 15) is 45.5 Å². The fourth-order valence-electron chi connectivity index (χ4n) is 5.36. The molecule has 43 heavy (non-hydrogen) atoms. The number of carbonyl (C=O) groups excluding carboxylic acids is 2. The van der Waals surface area contributed by atoms with Gasteiger partial charge in [0, 0.05) is 31.1 Å². The van der Waals surface area contributed by atoms with E-state index < -0.39 is 79.4 Å². The number of halogens is 6. The van der Waals surface area contributed by atoms with Crippen molar-refractivity contribution in [1.29, 1.82) is 0 Å². The molecule has 0 aliphatic carbocycles. The lowest BCUT2D eigenvalue weighted by atomic mass is 9.76. The second-order valence-corrected chi connectivity index (χ2v) is 10.4. The van der Waals surface area contributed by atoms with Gasteiger partial charge in [-0.2, -0.15) is 26.3 Å². The first kappa shape index (κ1) is 31.8. The Morgan fingerprint density at radius 2 is 1.60 bits per heavy atom. The molecule has 1 saturated heterocycles. The number of nitrogens with zero attached hydrogens (tertiary/aromatic N) is 3. The van der Waals surface area contributed by atoms with Crippen LogP contribution in [0, 0.1) is 5.41 Å². The SMILES string of the molecule is COC(=O)[C@H](Cc1cccc2c(-n3c(=O)ccn(C)c3=O)cccc12)NC(=O)C1(C(F)(F)F)CCN(CC(F)(F)F)CC1. The Balaban J connectivity index is 1.67. The third-order valence-electron chi connectivity index (χ3n) is 7.69. The van der Waals surface area contributed by atoms with E-state index in [4.69, 9.17) is 4.74 Å². The zero-order valence-electron chi connectivity index (χ0n) is 23.1. The molecule has 1 aromatic heterocycles. The molecule has 2 heterocycles. The monoisotopic (exact) mass is 614 g/mol. The number of fused-ring (bicyclic) bond motifs is 1. The van der Waals surface area contributed by atoms with Crippen LogP contribution in [0.3, 0.4) is 0 Å². The fraction of sp³-hybridized carbons (Fsp3) is 0.429. The molecule has 232 valence electrons. The van der Waals surface area contributed by atoms with Crippen molar-refractivity contribution >= 4 is 22.6 Å². The molecule has 0 bridgehead atoms. The lowest BCUT2D eigenvalue weighted by Gasteiger charge is -2.42. The third-order valence-corrected chi connectivity index (χ3v) is 7.69. The normalized spacial score (nSPS) is 16.6. The Kier molecular flexibility index (Phi) is 8.77. The van der Waals surface area contributed by atoms with Gasteiger partial charge in [-0.05, 0) is 42.9 Å². The van der Waals surface area contributed by atoms with Crippen LogP contribution in [-0.2, 0) is 27.8 Å². The Morgan fingerprint density at radius 3 is 2.21 bits per heavy atom. The van der Waals surface area contributed by atoms with Crippen molar-refractivity contribution in [3.63, 3.8) is 0 Å². The Bertz CT molecular complexity index is 1640. The molecule has 1 fully saturated rings. The number of esters is 1. The summed E-state index contributed by atoms with van der Waals surface area (Å²) in [7, 11) is 2.46. The molecule has 1 aliphatic heterocycles. The van der Waals surface area contributed by atoms with Crippen LogP contribution >= 0.6 is 0 Å². The highest BCUT2D eigenvalue weighted by molar-refractivity contribution is 5.94. The fourth-order valence-corrected chi connectivity index (χ4v) is 5.36. The van der Waals surface area contributed by atoms with Gasteiger partial charge in [-0.15, -0.1) is 0 Å². The molecular weight excluding hydrogens is 586 g/mol. The van der Waals surface area contributed by atoms with Gasteiger partial charge in [-0.1, -0.05) is 30.3 Å². The first-order valence-electron chi connectivity index (χ1n) is 13.1. The van der Waals surface area contributed by atoms with Gasteiger partial charge in [0.2, 0.25) is 5.91 Å². The van der Waals surface area contributed by atoms with Crippen molar-refractivity contribution < 1.29 is 40.7 Å². The quantitative estimate of drug-likeness (QED) is 0.324. The summed E-state index contributed by atoms with van der Waals surface area (Å²) in [6, 6.07) is 9.07. The van der Waals surface area contributed by atoms with Crippen LogP contribution in [0.1, 0.15) is 18.4 Å². The number of benzene rings is 2. The summed E-state index contributed by atoms with van der Waals surface area (Å²) in [6.45, 7) is -2.66. The molecule has 1 N–H and O–H groups in total. The van der Waals surface area contributed by atoms with Gasteiger partial charge in [0.25, 0.3) is 5.56 Å². The standard InChI is InChI=1S/C28H28F6N4O5/c1-36-12-9-22(39)38(25(36)42)21-8-4-6-18-17(5-3-7-19(18)21)15-20(23(40)43-2)35-24(41)26(28(32,33)34)10-13-37(14-11-26)16-27(29,30)31/h3-9,12,20H,10-11,13-16H2,1-2H3,(H,35,41)/t20-/m0/s1. The molecular formula is C28H28F6N4O5. The number of hydrogen-bond donors (Lipinski definition) is 1. The Morgan fingerprint density at radius 1 is 0.977 bits per heavy atom. The number of nitrogens with one attached hydrogen (secondary N) is 1. The van der Waals surface area contributed by atoms with Gasteiger partial charge < -0.3 is 14.6 Å². The van der Waals surface area contributed by atoms with Crippen LogP contribution in [0.5, 0.6) is 0 Å². The molecule has 0 spiro atoms. The van der Waals surface area contributed by atoms with Crippen LogP contribution in [0.25, 0.3) is 16.5 Å². The number of alkyl halides is 6. The molecule has 4 rings (SSSR count). The third kappa shape index (κ3) is 6.45.